The molecule has 0 aliphatic rings. The Kier molecular flexibility index (Phi) is 5.40. The Hall–Kier alpha value is -1.56. The van der Waals surface area contributed by atoms with Gasteiger partial charge in [0.2, 0.25) is 0 Å². The second-order valence-corrected chi connectivity index (χ2v) is 5.47. The Labute approximate surface area is 132 Å². The first-order valence-corrected chi connectivity index (χ1v) is 7.57. The van der Waals surface area contributed by atoms with E-state index in [0.29, 0.717) is 12.2 Å². The number of ether oxygens (including phenoxy) is 1. The van der Waals surface area contributed by atoms with E-state index in [4.69, 9.17) is 4.74 Å². The largest absolute Gasteiger partial charge is 0.494 e. The van der Waals surface area contributed by atoms with Gasteiger partial charge in [-0.2, -0.15) is 0 Å². The monoisotopic (exact) mass is 381 g/mol. The minimum atomic E-state index is -0.115. The summed E-state index contributed by atoms with van der Waals surface area (Å²) in [4.78, 5) is 12.1. The van der Waals surface area contributed by atoms with Crippen molar-refractivity contribution in [1.29, 1.82) is 0 Å². The zero-order chi connectivity index (χ0) is 14.4. The van der Waals surface area contributed by atoms with Crippen molar-refractivity contribution in [3.8, 4) is 5.75 Å². The molecule has 0 aromatic heterocycles. The average molecular weight is 381 g/mol. The Bertz CT molecular complexity index is 581. The summed E-state index contributed by atoms with van der Waals surface area (Å²) < 4.78 is 6.51. The van der Waals surface area contributed by atoms with E-state index < -0.39 is 0 Å². The van der Waals surface area contributed by atoms with E-state index in [9.17, 15) is 4.79 Å². The molecule has 1 amide bonds. The number of anilines is 1. The van der Waals surface area contributed by atoms with Crippen LogP contribution >= 0.6 is 22.6 Å². The number of benzene rings is 2. The Morgan fingerprint density at radius 1 is 1.15 bits per heavy atom. The summed E-state index contributed by atoms with van der Waals surface area (Å²) in [5.41, 5.74) is 1.44. The molecular formula is C16H16INO2. The minimum absolute atomic E-state index is 0.115. The first kappa shape index (κ1) is 14.8. The SMILES string of the molecule is CCCOc1ccc(C(=O)Nc2ccccc2I)cc1. The van der Waals surface area contributed by atoms with Crippen molar-refractivity contribution in [2.75, 3.05) is 11.9 Å². The van der Waals surface area contributed by atoms with Gasteiger partial charge in [-0.15, -0.1) is 0 Å². The van der Waals surface area contributed by atoms with E-state index in [1.165, 1.54) is 0 Å². The van der Waals surface area contributed by atoms with Crippen LogP contribution < -0.4 is 10.1 Å². The second-order valence-electron chi connectivity index (χ2n) is 4.31. The molecule has 0 fully saturated rings. The molecule has 0 unspecified atom stereocenters. The van der Waals surface area contributed by atoms with Crippen LogP contribution in [0.25, 0.3) is 0 Å². The van der Waals surface area contributed by atoms with Crippen LogP contribution in [0.1, 0.15) is 23.7 Å². The second kappa shape index (κ2) is 7.28. The molecule has 0 saturated heterocycles. The van der Waals surface area contributed by atoms with E-state index in [2.05, 4.69) is 34.8 Å². The van der Waals surface area contributed by atoms with Gasteiger partial charge >= 0.3 is 0 Å². The fourth-order valence-electron chi connectivity index (χ4n) is 1.68. The Morgan fingerprint density at radius 3 is 2.50 bits per heavy atom. The topological polar surface area (TPSA) is 38.3 Å². The predicted octanol–water partition coefficient (Wildman–Crippen LogP) is 4.33. The summed E-state index contributed by atoms with van der Waals surface area (Å²) in [6.45, 7) is 2.75. The van der Waals surface area contributed by atoms with Crippen LogP contribution in [-0.2, 0) is 0 Å². The summed E-state index contributed by atoms with van der Waals surface area (Å²) in [5.74, 6) is 0.675. The average Bonchev–Trinajstić information content (AvgIpc) is 2.48. The molecule has 0 spiro atoms. The van der Waals surface area contributed by atoms with E-state index in [1.54, 1.807) is 12.1 Å². The lowest BCUT2D eigenvalue weighted by atomic mass is 10.2. The fourth-order valence-corrected chi connectivity index (χ4v) is 2.20. The summed E-state index contributed by atoms with van der Waals surface area (Å²) in [6.07, 6.45) is 0.967. The predicted molar refractivity (Wildman–Crippen MR) is 89.3 cm³/mol. The van der Waals surface area contributed by atoms with Crippen LogP contribution in [0, 0.1) is 3.57 Å². The molecule has 0 heterocycles. The number of rotatable bonds is 5. The Morgan fingerprint density at radius 2 is 1.85 bits per heavy atom. The highest BCUT2D eigenvalue weighted by atomic mass is 127. The molecule has 1 N–H and O–H groups in total. The molecule has 20 heavy (non-hydrogen) atoms. The smallest absolute Gasteiger partial charge is 0.255 e. The maximum absolute atomic E-state index is 12.1. The van der Waals surface area contributed by atoms with Crippen molar-refractivity contribution in [3.05, 3.63) is 57.7 Å². The van der Waals surface area contributed by atoms with Crippen molar-refractivity contribution in [3.63, 3.8) is 0 Å². The summed E-state index contributed by atoms with van der Waals surface area (Å²) >= 11 is 2.20. The third kappa shape index (κ3) is 3.96. The quantitative estimate of drug-likeness (QED) is 0.783. The van der Waals surface area contributed by atoms with Gasteiger partial charge in [0.15, 0.2) is 0 Å². The number of carbonyl (C=O) groups excluding carboxylic acids is 1. The van der Waals surface area contributed by atoms with Gasteiger partial charge < -0.3 is 10.1 Å². The lowest BCUT2D eigenvalue weighted by Crippen LogP contribution is -2.12. The fraction of sp³-hybridized carbons (Fsp3) is 0.188. The van der Waals surface area contributed by atoms with Crippen molar-refractivity contribution < 1.29 is 9.53 Å². The first-order chi connectivity index (χ1) is 9.70. The molecular weight excluding hydrogens is 365 g/mol. The van der Waals surface area contributed by atoms with Gasteiger partial charge in [0.05, 0.1) is 12.3 Å². The molecule has 0 aliphatic carbocycles. The standard InChI is InChI=1S/C16H16INO2/c1-2-11-20-13-9-7-12(8-10-13)16(19)18-15-6-4-3-5-14(15)17/h3-10H,2,11H2,1H3,(H,18,19). The molecule has 0 aliphatic heterocycles. The van der Waals surface area contributed by atoms with Gasteiger partial charge in [0.1, 0.15) is 5.75 Å². The Balaban J connectivity index is 2.04. The number of para-hydroxylation sites is 1. The van der Waals surface area contributed by atoms with Crippen LogP contribution in [0.3, 0.4) is 0 Å². The molecule has 0 saturated carbocycles. The summed E-state index contributed by atoms with van der Waals surface area (Å²) in [7, 11) is 0. The molecule has 2 aromatic carbocycles. The minimum Gasteiger partial charge on any atom is -0.494 e. The lowest BCUT2D eigenvalue weighted by Gasteiger charge is -2.08. The highest BCUT2D eigenvalue weighted by molar-refractivity contribution is 14.1. The highest BCUT2D eigenvalue weighted by Crippen LogP contribution is 2.19. The van der Waals surface area contributed by atoms with Crippen molar-refractivity contribution >= 4 is 34.2 Å². The van der Waals surface area contributed by atoms with Gasteiger partial charge in [-0.3, -0.25) is 4.79 Å². The molecule has 0 radical (unpaired) electrons. The first-order valence-electron chi connectivity index (χ1n) is 6.49. The van der Waals surface area contributed by atoms with E-state index >= 15 is 0 Å². The lowest BCUT2D eigenvalue weighted by molar-refractivity contribution is 0.102. The number of carbonyl (C=O) groups is 1. The third-order valence-electron chi connectivity index (χ3n) is 2.71. The van der Waals surface area contributed by atoms with Crippen LogP contribution in [0.4, 0.5) is 5.69 Å². The maximum Gasteiger partial charge on any atom is 0.255 e. The zero-order valence-electron chi connectivity index (χ0n) is 11.2. The summed E-state index contributed by atoms with van der Waals surface area (Å²) in [5, 5.41) is 2.90. The number of halogens is 1. The molecule has 3 nitrogen and oxygen atoms in total. The van der Waals surface area contributed by atoms with Gasteiger partial charge in [-0.25, -0.2) is 0 Å². The molecule has 2 rings (SSSR count). The van der Waals surface area contributed by atoms with Gasteiger partial charge in [0.25, 0.3) is 5.91 Å². The molecule has 104 valence electrons. The third-order valence-corrected chi connectivity index (χ3v) is 3.65. The van der Waals surface area contributed by atoms with Crippen LogP contribution in [-0.4, -0.2) is 12.5 Å². The molecule has 2 aromatic rings. The number of nitrogens with one attached hydrogen (secondary N) is 1. The zero-order valence-corrected chi connectivity index (χ0v) is 13.4. The van der Waals surface area contributed by atoms with Crippen molar-refractivity contribution in [2.45, 2.75) is 13.3 Å². The molecule has 0 bridgehead atoms. The van der Waals surface area contributed by atoms with Gasteiger partial charge in [-0.05, 0) is 65.4 Å². The van der Waals surface area contributed by atoms with Crippen molar-refractivity contribution in [2.24, 2.45) is 0 Å². The van der Waals surface area contributed by atoms with Gasteiger partial charge in [0, 0.05) is 9.13 Å². The number of amides is 1. The van der Waals surface area contributed by atoms with Crippen molar-refractivity contribution in [1.82, 2.24) is 0 Å². The number of hydrogen-bond acceptors (Lipinski definition) is 2. The van der Waals surface area contributed by atoms with Crippen LogP contribution in [0.2, 0.25) is 0 Å². The van der Waals surface area contributed by atoms with Gasteiger partial charge in [-0.1, -0.05) is 19.1 Å². The number of hydrogen-bond donors (Lipinski definition) is 1. The maximum atomic E-state index is 12.1. The van der Waals surface area contributed by atoms with E-state index in [0.717, 1.165) is 21.4 Å². The molecule has 0 atom stereocenters. The highest BCUT2D eigenvalue weighted by Gasteiger charge is 2.07. The summed E-state index contributed by atoms with van der Waals surface area (Å²) in [6, 6.07) is 14.9. The van der Waals surface area contributed by atoms with Crippen LogP contribution in [0.15, 0.2) is 48.5 Å². The molecule has 4 heteroatoms. The normalized spacial score (nSPS) is 10.1. The van der Waals surface area contributed by atoms with E-state index in [1.807, 2.05) is 36.4 Å². The van der Waals surface area contributed by atoms with E-state index in [-0.39, 0.29) is 5.91 Å². The van der Waals surface area contributed by atoms with Crippen LogP contribution in [0.5, 0.6) is 5.75 Å².